The number of H-pyrrole nitrogens is 1. The number of hydrogen-bond donors (Lipinski definition) is 2. The van der Waals surface area contributed by atoms with Gasteiger partial charge in [0.1, 0.15) is 11.6 Å². The molecule has 0 spiro atoms. The SMILES string of the molecule is Cc1cccc2[nH]c(CNc3nc(C4CC4)ns3)nc12. The Morgan fingerprint density at radius 2 is 2.25 bits per heavy atom. The summed E-state index contributed by atoms with van der Waals surface area (Å²) in [5.74, 6) is 2.53. The predicted octanol–water partition coefficient (Wildman–Crippen LogP) is 3.21. The van der Waals surface area contributed by atoms with Gasteiger partial charge < -0.3 is 10.3 Å². The molecule has 5 nitrogen and oxygen atoms in total. The van der Waals surface area contributed by atoms with E-state index in [9.17, 15) is 0 Å². The fourth-order valence-electron chi connectivity index (χ4n) is 2.28. The monoisotopic (exact) mass is 285 g/mol. The molecule has 0 aliphatic heterocycles. The lowest BCUT2D eigenvalue weighted by Gasteiger charge is -1.97. The summed E-state index contributed by atoms with van der Waals surface area (Å²) >= 11 is 1.43. The zero-order valence-corrected chi connectivity index (χ0v) is 12.0. The van der Waals surface area contributed by atoms with Gasteiger partial charge >= 0.3 is 0 Å². The van der Waals surface area contributed by atoms with Crippen molar-refractivity contribution in [1.29, 1.82) is 0 Å². The largest absolute Gasteiger partial charge is 0.353 e. The molecule has 0 bridgehead atoms. The van der Waals surface area contributed by atoms with Crippen molar-refractivity contribution in [3.8, 4) is 0 Å². The molecule has 1 aromatic carbocycles. The molecule has 6 heteroatoms. The van der Waals surface area contributed by atoms with E-state index >= 15 is 0 Å². The van der Waals surface area contributed by atoms with Crippen LogP contribution in [-0.2, 0) is 6.54 Å². The first-order chi connectivity index (χ1) is 9.79. The summed E-state index contributed by atoms with van der Waals surface area (Å²) < 4.78 is 4.38. The number of para-hydroxylation sites is 1. The van der Waals surface area contributed by atoms with E-state index in [1.54, 1.807) is 0 Å². The van der Waals surface area contributed by atoms with Crippen LogP contribution in [0, 0.1) is 6.92 Å². The van der Waals surface area contributed by atoms with Gasteiger partial charge in [0.05, 0.1) is 17.6 Å². The van der Waals surface area contributed by atoms with Gasteiger partial charge in [-0.2, -0.15) is 4.37 Å². The van der Waals surface area contributed by atoms with Gasteiger partial charge in [-0.25, -0.2) is 9.97 Å². The van der Waals surface area contributed by atoms with Crippen LogP contribution in [0.4, 0.5) is 5.13 Å². The third-order valence-corrected chi connectivity index (χ3v) is 4.24. The van der Waals surface area contributed by atoms with Crippen molar-refractivity contribution in [1.82, 2.24) is 19.3 Å². The minimum absolute atomic E-state index is 0.607. The summed E-state index contributed by atoms with van der Waals surface area (Å²) in [4.78, 5) is 12.5. The van der Waals surface area contributed by atoms with E-state index in [-0.39, 0.29) is 0 Å². The summed E-state index contributed by atoms with van der Waals surface area (Å²) in [5, 5.41) is 4.17. The molecule has 0 saturated heterocycles. The third-order valence-electron chi connectivity index (χ3n) is 3.55. The van der Waals surface area contributed by atoms with E-state index in [1.807, 2.05) is 6.07 Å². The number of aromatic amines is 1. The van der Waals surface area contributed by atoms with E-state index < -0.39 is 0 Å². The van der Waals surface area contributed by atoms with Crippen molar-refractivity contribution < 1.29 is 0 Å². The number of aryl methyl sites for hydroxylation is 1. The Morgan fingerprint density at radius 1 is 1.35 bits per heavy atom. The lowest BCUT2D eigenvalue weighted by Crippen LogP contribution is -2.00. The minimum Gasteiger partial charge on any atom is -0.353 e. The third kappa shape index (κ3) is 2.16. The van der Waals surface area contributed by atoms with Gasteiger partial charge in [-0.3, -0.25) is 0 Å². The second-order valence-electron chi connectivity index (χ2n) is 5.24. The van der Waals surface area contributed by atoms with Crippen LogP contribution in [0.3, 0.4) is 0 Å². The van der Waals surface area contributed by atoms with E-state index in [0.717, 1.165) is 27.8 Å². The predicted molar refractivity (Wildman–Crippen MR) is 80.0 cm³/mol. The van der Waals surface area contributed by atoms with Crippen LogP contribution in [0.2, 0.25) is 0 Å². The van der Waals surface area contributed by atoms with Gasteiger partial charge in [-0.15, -0.1) is 0 Å². The number of imidazole rings is 1. The van der Waals surface area contributed by atoms with Crippen LogP contribution in [0.25, 0.3) is 11.0 Å². The average molecular weight is 285 g/mol. The summed E-state index contributed by atoms with van der Waals surface area (Å²) in [6.07, 6.45) is 2.47. The van der Waals surface area contributed by atoms with Crippen molar-refractivity contribution >= 4 is 27.7 Å². The van der Waals surface area contributed by atoms with Crippen LogP contribution in [-0.4, -0.2) is 19.3 Å². The van der Waals surface area contributed by atoms with E-state index in [2.05, 4.69) is 43.7 Å². The smallest absolute Gasteiger partial charge is 0.202 e. The summed E-state index contributed by atoms with van der Waals surface area (Å²) in [5.41, 5.74) is 3.31. The molecule has 1 saturated carbocycles. The Morgan fingerprint density at radius 3 is 3.05 bits per heavy atom. The second-order valence-corrected chi connectivity index (χ2v) is 5.99. The molecule has 0 atom stereocenters. The molecule has 4 rings (SSSR count). The molecule has 2 aromatic heterocycles. The van der Waals surface area contributed by atoms with E-state index in [0.29, 0.717) is 12.5 Å². The second kappa shape index (κ2) is 4.56. The lowest BCUT2D eigenvalue weighted by molar-refractivity contribution is 0.966. The lowest BCUT2D eigenvalue weighted by atomic mass is 10.2. The van der Waals surface area contributed by atoms with E-state index in [1.165, 1.54) is 29.9 Å². The molecule has 102 valence electrons. The standard InChI is InChI=1S/C14H15N5S/c1-8-3-2-4-10-12(8)17-11(16-10)7-15-14-18-13(19-20-14)9-5-6-9/h2-4,9H,5-7H2,1H3,(H,16,17)(H,15,18,19). The zero-order valence-electron chi connectivity index (χ0n) is 11.2. The highest BCUT2D eigenvalue weighted by atomic mass is 32.1. The minimum atomic E-state index is 0.607. The molecule has 0 radical (unpaired) electrons. The Hall–Kier alpha value is -1.95. The molecule has 3 aromatic rings. The quantitative estimate of drug-likeness (QED) is 0.772. The van der Waals surface area contributed by atoms with Crippen LogP contribution < -0.4 is 5.32 Å². The van der Waals surface area contributed by atoms with Crippen LogP contribution >= 0.6 is 11.5 Å². The molecule has 1 aliphatic rings. The molecule has 1 fully saturated rings. The summed E-state index contributed by atoms with van der Waals surface area (Å²) in [6, 6.07) is 6.17. The molecular formula is C14H15N5S. The van der Waals surface area contributed by atoms with Gasteiger partial charge in [0.25, 0.3) is 0 Å². The molecule has 20 heavy (non-hydrogen) atoms. The Bertz CT molecular complexity index is 756. The van der Waals surface area contributed by atoms with Gasteiger partial charge in [0.15, 0.2) is 0 Å². The van der Waals surface area contributed by atoms with Crippen LogP contribution in [0.1, 0.15) is 36.0 Å². The highest BCUT2D eigenvalue weighted by Crippen LogP contribution is 2.39. The number of benzene rings is 1. The summed E-state index contributed by atoms with van der Waals surface area (Å²) in [6.45, 7) is 2.72. The Labute approximate surface area is 120 Å². The first-order valence-corrected chi connectivity index (χ1v) is 7.58. The van der Waals surface area contributed by atoms with Crippen LogP contribution in [0.15, 0.2) is 18.2 Å². The maximum absolute atomic E-state index is 4.62. The van der Waals surface area contributed by atoms with Crippen molar-refractivity contribution in [3.63, 3.8) is 0 Å². The molecule has 0 unspecified atom stereocenters. The maximum atomic E-state index is 4.62. The number of anilines is 1. The molecule has 2 heterocycles. The molecule has 2 N–H and O–H groups in total. The number of hydrogen-bond acceptors (Lipinski definition) is 5. The van der Waals surface area contributed by atoms with Crippen molar-refractivity contribution in [2.45, 2.75) is 32.2 Å². The van der Waals surface area contributed by atoms with Crippen molar-refractivity contribution in [2.24, 2.45) is 0 Å². The number of nitrogens with one attached hydrogen (secondary N) is 2. The molecule has 0 amide bonds. The van der Waals surface area contributed by atoms with Crippen molar-refractivity contribution in [3.05, 3.63) is 35.4 Å². The fraction of sp³-hybridized carbons (Fsp3) is 0.357. The molecule has 1 aliphatic carbocycles. The maximum Gasteiger partial charge on any atom is 0.202 e. The highest BCUT2D eigenvalue weighted by Gasteiger charge is 2.27. The first kappa shape index (κ1) is 11.8. The van der Waals surface area contributed by atoms with Crippen LogP contribution in [0.5, 0.6) is 0 Å². The highest BCUT2D eigenvalue weighted by molar-refractivity contribution is 7.09. The average Bonchev–Trinajstić information content (AvgIpc) is 3.03. The number of nitrogens with zero attached hydrogens (tertiary/aromatic N) is 3. The number of rotatable bonds is 4. The molecular weight excluding hydrogens is 270 g/mol. The van der Waals surface area contributed by atoms with Gasteiger partial charge in [0.2, 0.25) is 5.13 Å². The topological polar surface area (TPSA) is 66.5 Å². The zero-order chi connectivity index (χ0) is 13.5. The Balaban J connectivity index is 1.50. The normalized spacial score (nSPS) is 14.8. The fourth-order valence-corrected chi connectivity index (χ4v) is 2.92. The Kier molecular flexibility index (Phi) is 2.70. The van der Waals surface area contributed by atoms with Gasteiger partial charge in [-0.05, 0) is 31.4 Å². The number of fused-ring (bicyclic) bond motifs is 1. The summed E-state index contributed by atoms with van der Waals surface area (Å²) in [7, 11) is 0. The van der Waals surface area contributed by atoms with Crippen molar-refractivity contribution in [2.75, 3.05) is 5.32 Å². The van der Waals surface area contributed by atoms with Gasteiger partial charge in [0, 0.05) is 17.5 Å². The first-order valence-electron chi connectivity index (χ1n) is 6.81. The van der Waals surface area contributed by atoms with E-state index in [4.69, 9.17) is 0 Å². The number of aromatic nitrogens is 4. The van der Waals surface area contributed by atoms with Gasteiger partial charge in [-0.1, -0.05) is 12.1 Å².